The molecule has 0 radical (unpaired) electrons. The molecule has 0 N–H and O–H groups in total. The molecule has 0 amide bonds. The quantitative estimate of drug-likeness (QED) is 0.732. The minimum absolute atomic E-state index is 0.0419. The molecule has 96 valence electrons. The highest BCUT2D eigenvalue weighted by molar-refractivity contribution is 7.86. The van der Waals surface area contributed by atoms with E-state index in [4.69, 9.17) is 8.92 Å². The standard InChI is InChI=1S/C12H18O4S/c1-10-4-6-12(7-5-10)17(13,14)16-9-11(2)8-15-3/h4-7,11H,8-9H2,1-3H3. The largest absolute Gasteiger partial charge is 0.384 e. The maximum absolute atomic E-state index is 11.8. The molecule has 0 aliphatic rings. The van der Waals surface area contributed by atoms with Gasteiger partial charge in [-0.1, -0.05) is 24.6 Å². The molecule has 0 aliphatic carbocycles. The fraction of sp³-hybridized carbons (Fsp3) is 0.500. The summed E-state index contributed by atoms with van der Waals surface area (Å²) in [4.78, 5) is 0.188. The van der Waals surface area contributed by atoms with Crippen molar-refractivity contribution in [1.82, 2.24) is 0 Å². The minimum atomic E-state index is -3.65. The monoisotopic (exact) mass is 258 g/mol. The molecular formula is C12H18O4S. The molecule has 1 rings (SSSR count). The topological polar surface area (TPSA) is 52.6 Å². The van der Waals surface area contributed by atoms with Crippen molar-refractivity contribution in [3.05, 3.63) is 29.8 Å². The summed E-state index contributed by atoms with van der Waals surface area (Å²) in [5, 5.41) is 0. The molecule has 0 saturated heterocycles. The lowest BCUT2D eigenvalue weighted by molar-refractivity contribution is 0.129. The summed E-state index contributed by atoms with van der Waals surface area (Å²) in [7, 11) is -2.07. The SMILES string of the molecule is COCC(C)COS(=O)(=O)c1ccc(C)cc1. The number of methoxy groups -OCH3 is 1. The van der Waals surface area contributed by atoms with Crippen molar-refractivity contribution in [2.24, 2.45) is 5.92 Å². The number of rotatable bonds is 6. The van der Waals surface area contributed by atoms with E-state index >= 15 is 0 Å². The van der Waals surface area contributed by atoms with Crippen LogP contribution in [0.5, 0.6) is 0 Å². The lowest BCUT2D eigenvalue weighted by Crippen LogP contribution is -2.16. The average Bonchev–Trinajstić information content (AvgIpc) is 2.28. The highest BCUT2D eigenvalue weighted by Crippen LogP contribution is 2.14. The molecule has 1 unspecified atom stereocenters. The van der Waals surface area contributed by atoms with Gasteiger partial charge in [0.15, 0.2) is 0 Å². The van der Waals surface area contributed by atoms with Crippen LogP contribution in [0.15, 0.2) is 29.2 Å². The fourth-order valence-corrected chi connectivity index (χ4v) is 2.33. The number of aryl methyl sites for hydroxylation is 1. The predicted molar refractivity (Wildman–Crippen MR) is 65.4 cm³/mol. The molecule has 0 heterocycles. The number of ether oxygens (including phenoxy) is 1. The molecule has 1 aromatic carbocycles. The summed E-state index contributed by atoms with van der Waals surface area (Å²) >= 11 is 0. The second-order valence-corrected chi connectivity index (χ2v) is 5.73. The van der Waals surface area contributed by atoms with Crippen molar-refractivity contribution in [2.45, 2.75) is 18.7 Å². The molecule has 0 spiro atoms. The van der Waals surface area contributed by atoms with E-state index in [9.17, 15) is 8.42 Å². The van der Waals surface area contributed by atoms with E-state index in [0.717, 1.165) is 5.56 Å². The Balaban J connectivity index is 2.66. The predicted octanol–water partition coefficient (Wildman–Crippen LogP) is 1.98. The van der Waals surface area contributed by atoms with Crippen LogP contribution in [0.1, 0.15) is 12.5 Å². The van der Waals surface area contributed by atoms with Crippen LogP contribution < -0.4 is 0 Å². The number of benzene rings is 1. The Kier molecular flexibility index (Phi) is 5.11. The molecule has 1 atom stereocenters. The van der Waals surface area contributed by atoms with E-state index in [2.05, 4.69) is 0 Å². The van der Waals surface area contributed by atoms with Gasteiger partial charge in [0.2, 0.25) is 0 Å². The van der Waals surface area contributed by atoms with E-state index in [0.29, 0.717) is 6.61 Å². The van der Waals surface area contributed by atoms with Gasteiger partial charge in [-0.3, -0.25) is 4.18 Å². The first-order chi connectivity index (χ1) is 7.95. The summed E-state index contributed by atoms with van der Waals surface area (Å²) < 4.78 is 33.5. The molecule has 1 aromatic rings. The zero-order valence-corrected chi connectivity index (χ0v) is 11.2. The van der Waals surface area contributed by atoms with E-state index in [1.54, 1.807) is 31.4 Å². The molecule has 4 nitrogen and oxygen atoms in total. The Bertz CT molecular complexity index is 436. The van der Waals surface area contributed by atoms with Crippen LogP contribution in [0.4, 0.5) is 0 Å². The summed E-state index contributed by atoms with van der Waals surface area (Å²) in [6, 6.07) is 6.58. The first kappa shape index (κ1) is 14.2. The second kappa shape index (κ2) is 6.14. The Morgan fingerprint density at radius 3 is 2.29 bits per heavy atom. The minimum Gasteiger partial charge on any atom is -0.384 e. The van der Waals surface area contributed by atoms with E-state index in [1.165, 1.54) is 0 Å². The van der Waals surface area contributed by atoms with Crippen molar-refractivity contribution >= 4 is 10.1 Å². The summed E-state index contributed by atoms with van der Waals surface area (Å²) in [5.41, 5.74) is 1.01. The third-order valence-corrected chi connectivity index (χ3v) is 3.56. The van der Waals surface area contributed by atoms with E-state index < -0.39 is 10.1 Å². The smallest absolute Gasteiger partial charge is 0.296 e. The summed E-state index contributed by atoms with van der Waals surface area (Å²) in [5.74, 6) is 0.0419. The zero-order chi connectivity index (χ0) is 12.9. The molecule has 0 aromatic heterocycles. The van der Waals surface area contributed by atoms with Crippen molar-refractivity contribution in [1.29, 1.82) is 0 Å². The van der Waals surface area contributed by atoms with Crippen LogP contribution in [0.25, 0.3) is 0 Å². The Morgan fingerprint density at radius 2 is 1.76 bits per heavy atom. The molecule has 17 heavy (non-hydrogen) atoms. The first-order valence-electron chi connectivity index (χ1n) is 5.40. The van der Waals surface area contributed by atoms with Crippen molar-refractivity contribution in [3.8, 4) is 0 Å². The third-order valence-electron chi connectivity index (χ3n) is 2.27. The highest BCUT2D eigenvalue weighted by atomic mass is 32.2. The van der Waals surface area contributed by atoms with Crippen molar-refractivity contribution in [3.63, 3.8) is 0 Å². The van der Waals surface area contributed by atoms with Gasteiger partial charge in [-0.05, 0) is 19.1 Å². The van der Waals surface area contributed by atoms with Gasteiger partial charge in [0.1, 0.15) is 0 Å². The van der Waals surface area contributed by atoms with Gasteiger partial charge < -0.3 is 4.74 Å². The van der Waals surface area contributed by atoms with Crippen LogP contribution in [-0.2, 0) is 19.0 Å². The van der Waals surface area contributed by atoms with Crippen LogP contribution in [0.3, 0.4) is 0 Å². The average molecular weight is 258 g/mol. The lowest BCUT2D eigenvalue weighted by atomic mass is 10.2. The van der Waals surface area contributed by atoms with Gasteiger partial charge in [-0.15, -0.1) is 0 Å². The van der Waals surface area contributed by atoms with Crippen molar-refractivity contribution < 1.29 is 17.3 Å². The highest BCUT2D eigenvalue weighted by Gasteiger charge is 2.16. The Morgan fingerprint density at radius 1 is 1.18 bits per heavy atom. The summed E-state index contributed by atoms with van der Waals surface area (Å²) in [6.07, 6.45) is 0. The van der Waals surface area contributed by atoms with Crippen molar-refractivity contribution in [2.75, 3.05) is 20.3 Å². The van der Waals surface area contributed by atoms with Gasteiger partial charge in [0.05, 0.1) is 18.1 Å². The van der Waals surface area contributed by atoms with Gasteiger partial charge in [0, 0.05) is 13.0 Å². The van der Waals surface area contributed by atoms with Crippen LogP contribution in [0.2, 0.25) is 0 Å². The Hall–Kier alpha value is -0.910. The molecule has 0 saturated carbocycles. The van der Waals surface area contributed by atoms with Gasteiger partial charge in [-0.2, -0.15) is 8.42 Å². The Labute approximate surface area is 103 Å². The molecule has 5 heteroatoms. The number of hydrogen-bond acceptors (Lipinski definition) is 4. The number of hydrogen-bond donors (Lipinski definition) is 0. The van der Waals surface area contributed by atoms with Gasteiger partial charge in [-0.25, -0.2) is 0 Å². The van der Waals surface area contributed by atoms with Crippen LogP contribution >= 0.6 is 0 Å². The van der Waals surface area contributed by atoms with Gasteiger partial charge >= 0.3 is 0 Å². The fourth-order valence-electron chi connectivity index (χ4n) is 1.31. The molecule has 0 aliphatic heterocycles. The molecule has 0 fully saturated rings. The lowest BCUT2D eigenvalue weighted by Gasteiger charge is -2.11. The maximum Gasteiger partial charge on any atom is 0.296 e. The zero-order valence-electron chi connectivity index (χ0n) is 10.3. The van der Waals surface area contributed by atoms with E-state index in [1.807, 2.05) is 13.8 Å². The second-order valence-electron chi connectivity index (χ2n) is 4.11. The van der Waals surface area contributed by atoms with E-state index in [-0.39, 0.29) is 17.4 Å². The normalized spacial score (nSPS) is 13.6. The molecular weight excluding hydrogens is 240 g/mol. The van der Waals surface area contributed by atoms with Crippen LogP contribution in [0, 0.1) is 12.8 Å². The van der Waals surface area contributed by atoms with Gasteiger partial charge in [0.25, 0.3) is 10.1 Å². The molecule has 0 bridgehead atoms. The third kappa shape index (κ3) is 4.46. The first-order valence-corrected chi connectivity index (χ1v) is 6.81. The summed E-state index contributed by atoms with van der Waals surface area (Å²) in [6.45, 7) is 4.37. The maximum atomic E-state index is 11.8. The van der Waals surface area contributed by atoms with Crippen LogP contribution in [-0.4, -0.2) is 28.7 Å².